The molecule has 0 saturated heterocycles. The van der Waals surface area contributed by atoms with E-state index in [0.717, 1.165) is 18.4 Å². The van der Waals surface area contributed by atoms with E-state index in [1.54, 1.807) is 6.92 Å². The third-order valence-corrected chi connectivity index (χ3v) is 12.0. The highest BCUT2D eigenvalue weighted by Crippen LogP contribution is 2.14. The van der Waals surface area contributed by atoms with Gasteiger partial charge in [0.2, 0.25) is 35.9 Å². The molecular weight excluding hydrogens is 1080 g/mol. The van der Waals surface area contributed by atoms with Crippen LogP contribution >= 0.6 is 0 Å². The van der Waals surface area contributed by atoms with E-state index in [4.69, 9.17) is 40.0 Å². The van der Waals surface area contributed by atoms with Crippen LogP contribution in [0.25, 0.3) is 0 Å². The lowest BCUT2D eigenvalue weighted by Gasteiger charge is -2.17. The number of benzene rings is 1. The van der Waals surface area contributed by atoms with Gasteiger partial charge in [-0.25, -0.2) is 4.79 Å². The third-order valence-electron chi connectivity index (χ3n) is 12.0. The maximum Gasteiger partial charge on any atom is 0.326 e. The highest BCUT2D eigenvalue weighted by Gasteiger charge is 2.20. The Balaban J connectivity index is -0.00000195. The van der Waals surface area contributed by atoms with Gasteiger partial charge in [-0.1, -0.05) is 148 Å². The van der Waals surface area contributed by atoms with Crippen LogP contribution < -0.4 is 37.6 Å². The van der Waals surface area contributed by atoms with Crippen LogP contribution in [0.15, 0.2) is 30.3 Å². The van der Waals surface area contributed by atoms with Gasteiger partial charge in [-0.3, -0.25) is 43.2 Å². The minimum absolute atomic E-state index is 0.0409. The molecule has 0 aliphatic rings. The summed E-state index contributed by atoms with van der Waals surface area (Å²) in [6.45, 7) is 10.6. The van der Waals surface area contributed by atoms with Gasteiger partial charge < -0.3 is 71.9 Å². The Morgan fingerprint density at radius 3 is 1.46 bits per heavy atom. The Morgan fingerprint density at radius 2 is 1.00 bits per heavy atom. The lowest BCUT2D eigenvalue weighted by molar-refractivity contribution is -0.141. The van der Waals surface area contributed by atoms with E-state index in [9.17, 15) is 47.9 Å². The normalized spacial score (nSPS) is 11.4. The zero-order chi connectivity index (χ0) is 62.6. The largest absolute Gasteiger partial charge is 0.481 e. The lowest BCUT2D eigenvalue weighted by Crippen LogP contribution is -2.48. The molecule has 478 valence electrons. The predicted octanol–water partition coefficient (Wildman–Crippen LogP) is 5.15. The van der Waals surface area contributed by atoms with Gasteiger partial charge in [-0.2, -0.15) is 0 Å². The first kappa shape index (κ1) is 81.1. The van der Waals surface area contributed by atoms with Crippen molar-refractivity contribution in [1.82, 2.24) is 31.9 Å². The van der Waals surface area contributed by atoms with Crippen molar-refractivity contribution >= 4 is 59.6 Å². The van der Waals surface area contributed by atoms with Gasteiger partial charge in [0, 0.05) is 38.9 Å². The molecule has 0 spiro atoms. The molecule has 0 aliphatic carbocycles. The number of rotatable bonds is 51. The number of carbonyl (C=O) groups excluding carboxylic acids is 7. The highest BCUT2D eigenvalue weighted by atomic mass is 16.5. The van der Waals surface area contributed by atoms with E-state index in [1.807, 2.05) is 44.2 Å². The summed E-state index contributed by atoms with van der Waals surface area (Å²) in [6, 6.07) is 6.61. The van der Waals surface area contributed by atoms with Crippen LogP contribution in [0.5, 0.6) is 0 Å². The topological polar surface area (TPSA) is 367 Å². The Bertz CT molecular complexity index is 1850. The number of unbranched alkanes of at least 4 members (excludes halogenated alkanes) is 15. The number of carboxylic acids is 3. The molecule has 0 unspecified atom stereocenters. The summed E-state index contributed by atoms with van der Waals surface area (Å²) < 4.78 is 21.1. The first-order valence-electron chi connectivity index (χ1n) is 29.8. The molecule has 0 fully saturated rings. The zero-order valence-corrected chi connectivity index (χ0v) is 50.6. The Hall–Kier alpha value is -6.08. The van der Waals surface area contributed by atoms with Crippen molar-refractivity contribution in [2.75, 3.05) is 79.0 Å². The van der Waals surface area contributed by atoms with Gasteiger partial charge in [0.15, 0.2) is 5.78 Å². The second-order valence-corrected chi connectivity index (χ2v) is 19.2. The first-order chi connectivity index (χ1) is 40.0. The van der Waals surface area contributed by atoms with Crippen molar-refractivity contribution in [2.24, 2.45) is 5.73 Å². The standard InChI is InChI=1S/C36H57N7O13.C18H36O2.C3H6O2.C2H6/c1-26(45)30(21-27-7-3-2-4-8-27)43-32(47)22-41-35(50)28(37)9-5-6-12-38-33(48)23-55-19-18-54-16-14-40-34(49)24-56-20-17-53-15-13-39-31(46)11-10-29(36(51)52)42-25-44;1-2-3-4-5-6-7-8-9-10-11-12-13-14-15-16-17-18(19)20;1-2-3(4)5;1-2/h2-4,7-8,25,28-30H,5-6,9-24,37H2,1H3,(H,38,48)(H,39,46)(H,40,49)(H,41,50)(H,42,44)(H,43,47)(H,51,52);2-17H2,1H3,(H,19,20);2H2,1H3,(H,4,5);1-2H3/t28-,29-,30-;;;/m0.../s1. The molecule has 1 aromatic carbocycles. The van der Waals surface area contributed by atoms with Crippen LogP contribution in [-0.2, 0) is 73.3 Å². The summed E-state index contributed by atoms with van der Waals surface area (Å²) in [4.78, 5) is 113. The monoisotopic (exact) mass is 1180 g/mol. The average molecular weight is 1180 g/mol. The van der Waals surface area contributed by atoms with Crippen molar-refractivity contribution in [3.8, 4) is 0 Å². The van der Waals surface area contributed by atoms with Crippen molar-refractivity contribution in [1.29, 1.82) is 0 Å². The molecular formula is C59H105N7O17. The van der Waals surface area contributed by atoms with Crippen molar-refractivity contribution in [3.05, 3.63) is 35.9 Å². The molecule has 3 atom stereocenters. The summed E-state index contributed by atoms with van der Waals surface area (Å²) in [5.74, 6) is -4.83. The predicted molar refractivity (Wildman–Crippen MR) is 316 cm³/mol. The van der Waals surface area contributed by atoms with E-state index >= 15 is 0 Å². The molecule has 0 saturated carbocycles. The Kier molecular flexibility index (Phi) is 59.2. The fourth-order valence-electron chi connectivity index (χ4n) is 7.31. The Labute approximate surface area is 493 Å². The lowest BCUT2D eigenvalue weighted by atomic mass is 10.0. The molecule has 6 amide bonds. The minimum Gasteiger partial charge on any atom is -0.481 e. The number of nitrogens with one attached hydrogen (secondary N) is 6. The van der Waals surface area contributed by atoms with E-state index in [-0.39, 0.29) is 122 Å². The smallest absolute Gasteiger partial charge is 0.326 e. The minimum atomic E-state index is -1.22. The van der Waals surface area contributed by atoms with Gasteiger partial charge in [0.1, 0.15) is 19.3 Å². The quantitative estimate of drug-likeness (QED) is 0.0298. The number of aliphatic carboxylic acids is 3. The highest BCUT2D eigenvalue weighted by molar-refractivity contribution is 5.91. The molecule has 24 nitrogen and oxygen atoms in total. The molecule has 0 aliphatic heterocycles. The van der Waals surface area contributed by atoms with Gasteiger partial charge in [-0.05, 0) is 51.0 Å². The van der Waals surface area contributed by atoms with Crippen molar-refractivity contribution in [3.63, 3.8) is 0 Å². The molecule has 1 aromatic rings. The number of ether oxygens (including phenoxy) is 4. The van der Waals surface area contributed by atoms with Gasteiger partial charge in [-0.15, -0.1) is 0 Å². The van der Waals surface area contributed by atoms with Crippen molar-refractivity contribution < 1.29 is 82.2 Å². The second kappa shape index (κ2) is 60.5. The number of hydrogen-bond acceptors (Lipinski definition) is 15. The third kappa shape index (κ3) is 58.9. The van der Waals surface area contributed by atoms with Gasteiger partial charge in [0.05, 0.1) is 58.3 Å². The fraction of sp³-hybridized carbons (Fsp3) is 0.729. The molecule has 0 radical (unpaired) electrons. The van der Waals surface area contributed by atoms with Crippen LogP contribution in [-0.4, -0.2) is 172 Å². The van der Waals surface area contributed by atoms with Crippen LogP contribution in [0.4, 0.5) is 0 Å². The van der Waals surface area contributed by atoms with Crippen LogP contribution in [0.2, 0.25) is 0 Å². The molecule has 24 heteroatoms. The number of carboxylic acid groups (broad SMARTS) is 3. The number of ketones is 1. The average Bonchev–Trinajstić information content (AvgIpc) is 3.50. The van der Waals surface area contributed by atoms with E-state index in [0.29, 0.717) is 38.6 Å². The van der Waals surface area contributed by atoms with Crippen LogP contribution in [0.3, 0.4) is 0 Å². The molecule has 0 aromatic heterocycles. The number of hydrogen-bond donors (Lipinski definition) is 10. The number of Topliss-reactive ketones (excluding diaryl/α,β-unsaturated/α-hetero) is 1. The van der Waals surface area contributed by atoms with E-state index in [2.05, 4.69) is 38.8 Å². The van der Waals surface area contributed by atoms with E-state index < -0.39 is 47.8 Å². The summed E-state index contributed by atoms with van der Waals surface area (Å²) >= 11 is 0. The van der Waals surface area contributed by atoms with Crippen LogP contribution in [0.1, 0.15) is 181 Å². The molecule has 0 heterocycles. The molecule has 0 bridgehead atoms. The van der Waals surface area contributed by atoms with Crippen LogP contribution in [0, 0.1) is 0 Å². The molecule has 1 rings (SSSR count). The zero-order valence-electron chi connectivity index (χ0n) is 50.6. The molecule has 11 N–H and O–H groups in total. The number of nitrogens with two attached hydrogens (primary N) is 1. The maximum atomic E-state index is 12.3. The summed E-state index contributed by atoms with van der Waals surface area (Å²) in [5, 5.41) is 40.3. The van der Waals surface area contributed by atoms with Gasteiger partial charge >= 0.3 is 17.9 Å². The SMILES string of the molecule is CC.CC(=O)[C@H](Cc1ccccc1)NC(=O)CNC(=O)[C@@H](N)CCCCNC(=O)COCCOCCNC(=O)COCCOCCNC(=O)CC[C@H](NC=O)C(=O)O.CCC(=O)O.CCCCCCCCCCCCCCCCCC(=O)O. The van der Waals surface area contributed by atoms with Crippen molar-refractivity contribution in [2.45, 2.75) is 200 Å². The molecule has 83 heavy (non-hydrogen) atoms. The Morgan fingerprint density at radius 1 is 0.530 bits per heavy atom. The summed E-state index contributed by atoms with van der Waals surface area (Å²) in [5.41, 5.74) is 6.83. The van der Waals surface area contributed by atoms with Gasteiger partial charge in [0.25, 0.3) is 0 Å². The summed E-state index contributed by atoms with van der Waals surface area (Å²) in [7, 11) is 0. The van der Waals surface area contributed by atoms with E-state index in [1.165, 1.54) is 90.4 Å². The first-order valence-corrected chi connectivity index (χ1v) is 29.8. The fourth-order valence-corrected chi connectivity index (χ4v) is 7.31. The maximum absolute atomic E-state index is 12.3. The number of amides is 6. The summed E-state index contributed by atoms with van der Waals surface area (Å²) in [6.07, 6.45) is 22.4. The second-order valence-electron chi connectivity index (χ2n) is 19.2. The number of carbonyl (C=O) groups is 10.